The average molecular weight is 142 g/mol. The second-order valence-electron chi connectivity index (χ2n) is 2.74. The van der Waals surface area contributed by atoms with E-state index in [1.54, 1.807) is 6.92 Å². The lowest BCUT2D eigenvalue weighted by Crippen LogP contribution is -2.56. The number of likely N-dealkylation sites (N-methyl/N-ethyl adjacent to an activating group) is 1. The van der Waals surface area contributed by atoms with Gasteiger partial charge < -0.3 is 0 Å². The van der Waals surface area contributed by atoms with E-state index in [2.05, 4.69) is 10.6 Å². The Morgan fingerprint density at radius 3 is 2.60 bits per heavy atom. The molecule has 1 aliphatic heterocycles. The van der Waals surface area contributed by atoms with E-state index in [0.29, 0.717) is 0 Å². The van der Waals surface area contributed by atoms with Crippen LogP contribution >= 0.6 is 0 Å². The largest absolute Gasteiger partial charge is 0.296 e. The number of carbonyl (C=O) groups is 1. The first-order valence-electron chi connectivity index (χ1n) is 3.66. The summed E-state index contributed by atoms with van der Waals surface area (Å²) in [5, 5.41) is 6.17. The first-order chi connectivity index (χ1) is 4.71. The molecule has 1 saturated heterocycles. The Hall–Kier alpha value is -0.410. The number of rotatable bonds is 2. The third-order valence-corrected chi connectivity index (χ3v) is 2.18. The van der Waals surface area contributed by atoms with Crippen LogP contribution in [0.2, 0.25) is 0 Å². The Morgan fingerprint density at radius 1 is 1.70 bits per heavy atom. The zero-order valence-corrected chi connectivity index (χ0v) is 6.53. The number of carbonyl (C=O) groups excluding carboxylic acids is 1. The second kappa shape index (κ2) is 2.68. The molecule has 10 heavy (non-hydrogen) atoms. The number of ketones is 1. The van der Waals surface area contributed by atoms with Gasteiger partial charge in [0.15, 0.2) is 5.78 Å². The van der Waals surface area contributed by atoms with Crippen LogP contribution in [0.3, 0.4) is 0 Å². The summed E-state index contributed by atoms with van der Waals surface area (Å²) in [5.41, 5.74) is -0.403. The lowest BCUT2D eigenvalue weighted by atomic mass is 10.0. The fourth-order valence-corrected chi connectivity index (χ4v) is 1.43. The number of Topliss-reactive ketones (excluding diaryl/α,β-unsaturated/α-hetero) is 1. The molecule has 3 heteroatoms. The van der Waals surface area contributed by atoms with Gasteiger partial charge in [-0.1, -0.05) is 0 Å². The van der Waals surface area contributed by atoms with Gasteiger partial charge in [-0.15, -0.1) is 0 Å². The molecule has 0 amide bonds. The first-order valence-corrected chi connectivity index (χ1v) is 3.66. The highest BCUT2D eigenvalue weighted by Gasteiger charge is 2.35. The van der Waals surface area contributed by atoms with Crippen LogP contribution in [0, 0.1) is 0 Å². The summed E-state index contributed by atoms with van der Waals surface area (Å²) >= 11 is 0. The molecule has 0 aromatic carbocycles. The average Bonchev–Trinajstić information content (AvgIpc) is 2.35. The first kappa shape index (κ1) is 7.69. The number of hydrogen-bond acceptors (Lipinski definition) is 3. The standard InChI is InChI=1S/C7H14N2O/c1-6(10)7(8-2)4-3-5-9-7/h8-9H,3-5H2,1-2H3. The summed E-state index contributed by atoms with van der Waals surface area (Å²) in [4.78, 5) is 11.1. The van der Waals surface area contributed by atoms with Crippen molar-refractivity contribution in [2.24, 2.45) is 0 Å². The quantitative estimate of drug-likeness (QED) is 0.564. The van der Waals surface area contributed by atoms with Crippen molar-refractivity contribution in [2.75, 3.05) is 13.6 Å². The molecule has 0 spiro atoms. The molecule has 1 rings (SSSR count). The van der Waals surface area contributed by atoms with Gasteiger partial charge in [-0.2, -0.15) is 0 Å². The summed E-state index contributed by atoms with van der Waals surface area (Å²) in [6.07, 6.45) is 2.00. The number of hydrogen-bond donors (Lipinski definition) is 2. The van der Waals surface area contributed by atoms with Gasteiger partial charge in [0.2, 0.25) is 0 Å². The third-order valence-electron chi connectivity index (χ3n) is 2.18. The molecule has 0 aromatic heterocycles. The Balaban J connectivity index is 2.67. The van der Waals surface area contributed by atoms with Gasteiger partial charge in [0.05, 0.1) is 0 Å². The summed E-state index contributed by atoms with van der Waals surface area (Å²) < 4.78 is 0. The molecule has 0 saturated carbocycles. The van der Waals surface area contributed by atoms with E-state index >= 15 is 0 Å². The van der Waals surface area contributed by atoms with E-state index in [-0.39, 0.29) is 5.78 Å². The summed E-state index contributed by atoms with van der Waals surface area (Å²) in [7, 11) is 1.82. The van der Waals surface area contributed by atoms with Crippen molar-refractivity contribution < 1.29 is 4.79 Å². The predicted molar refractivity (Wildman–Crippen MR) is 39.7 cm³/mol. The fraction of sp³-hybridized carbons (Fsp3) is 0.857. The topological polar surface area (TPSA) is 41.1 Å². The minimum Gasteiger partial charge on any atom is -0.296 e. The molecular weight excluding hydrogens is 128 g/mol. The van der Waals surface area contributed by atoms with Gasteiger partial charge in [0.25, 0.3) is 0 Å². The molecule has 1 atom stereocenters. The van der Waals surface area contributed by atoms with Gasteiger partial charge in [-0.05, 0) is 33.4 Å². The van der Waals surface area contributed by atoms with E-state index in [0.717, 1.165) is 19.4 Å². The van der Waals surface area contributed by atoms with Crippen LogP contribution in [0.5, 0.6) is 0 Å². The second-order valence-corrected chi connectivity index (χ2v) is 2.74. The monoisotopic (exact) mass is 142 g/mol. The van der Waals surface area contributed by atoms with Crippen molar-refractivity contribution >= 4 is 5.78 Å². The van der Waals surface area contributed by atoms with Gasteiger partial charge in [-0.25, -0.2) is 0 Å². The summed E-state index contributed by atoms with van der Waals surface area (Å²) in [6, 6.07) is 0. The van der Waals surface area contributed by atoms with Gasteiger partial charge in [-0.3, -0.25) is 15.4 Å². The molecular formula is C7H14N2O. The Kier molecular flexibility index (Phi) is 2.06. The van der Waals surface area contributed by atoms with Crippen LogP contribution in [0.15, 0.2) is 0 Å². The normalized spacial score (nSPS) is 32.6. The molecule has 58 valence electrons. The van der Waals surface area contributed by atoms with Gasteiger partial charge in [0.1, 0.15) is 5.66 Å². The third kappa shape index (κ3) is 1.07. The molecule has 0 aromatic rings. The molecule has 1 unspecified atom stereocenters. The highest BCUT2D eigenvalue weighted by atomic mass is 16.1. The highest BCUT2D eigenvalue weighted by Crippen LogP contribution is 2.15. The summed E-state index contributed by atoms with van der Waals surface area (Å²) in [5.74, 6) is 0.188. The Morgan fingerprint density at radius 2 is 2.40 bits per heavy atom. The zero-order chi connectivity index (χ0) is 7.61. The Labute approximate surface area is 61.2 Å². The van der Waals surface area contributed by atoms with Crippen LogP contribution in [0.4, 0.5) is 0 Å². The molecule has 1 fully saturated rings. The van der Waals surface area contributed by atoms with Crippen molar-refractivity contribution in [3.63, 3.8) is 0 Å². The van der Waals surface area contributed by atoms with Crippen LogP contribution in [-0.2, 0) is 4.79 Å². The predicted octanol–water partition coefficient (Wildman–Crippen LogP) is -0.126. The maximum atomic E-state index is 11.1. The summed E-state index contributed by atoms with van der Waals surface area (Å²) in [6.45, 7) is 2.56. The molecule has 3 nitrogen and oxygen atoms in total. The minimum absolute atomic E-state index is 0.188. The van der Waals surface area contributed by atoms with Crippen molar-refractivity contribution in [1.82, 2.24) is 10.6 Å². The highest BCUT2D eigenvalue weighted by molar-refractivity contribution is 5.85. The van der Waals surface area contributed by atoms with Gasteiger partial charge in [0, 0.05) is 0 Å². The van der Waals surface area contributed by atoms with Crippen LogP contribution in [0.1, 0.15) is 19.8 Å². The van der Waals surface area contributed by atoms with Crippen molar-refractivity contribution in [3.8, 4) is 0 Å². The van der Waals surface area contributed by atoms with E-state index in [4.69, 9.17) is 0 Å². The van der Waals surface area contributed by atoms with E-state index in [1.165, 1.54) is 0 Å². The molecule has 2 N–H and O–H groups in total. The fourth-order valence-electron chi connectivity index (χ4n) is 1.43. The molecule has 1 heterocycles. The Bertz CT molecular complexity index is 139. The van der Waals surface area contributed by atoms with Crippen molar-refractivity contribution in [2.45, 2.75) is 25.4 Å². The number of nitrogens with one attached hydrogen (secondary N) is 2. The van der Waals surface area contributed by atoms with E-state index < -0.39 is 5.66 Å². The van der Waals surface area contributed by atoms with Gasteiger partial charge >= 0.3 is 0 Å². The molecule has 1 aliphatic rings. The maximum absolute atomic E-state index is 11.1. The van der Waals surface area contributed by atoms with E-state index in [9.17, 15) is 4.79 Å². The van der Waals surface area contributed by atoms with Crippen LogP contribution in [0.25, 0.3) is 0 Å². The van der Waals surface area contributed by atoms with E-state index in [1.807, 2.05) is 7.05 Å². The molecule has 0 radical (unpaired) electrons. The van der Waals surface area contributed by atoms with Crippen LogP contribution in [-0.4, -0.2) is 25.0 Å². The SMILES string of the molecule is CNC1(C(C)=O)CCCN1. The van der Waals surface area contributed by atoms with Crippen LogP contribution < -0.4 is 10.6 Å². The molecule has 0 bridgehead atoms. The smallest absolute Gasteiger partial charge is 0.164 e. The minimum atomic E-state index is -0.403. The molecule has 0 aliphatic carbocycles. The van der Waals surface area contributed by atoms with Crippen molar-refractivity contribution in [3.05, 3.63) is 0 Å². The van der Waals surface area contributed by atoms with Crippen molar-refractivity contribution in [1.29, 1.82) is 0 Å². The lowest BCUT2D eigenvalue weighted by molar-refractivity contribution is -0.123. The zero-order valence-electron chi connectivity index (χ0n) is 6.53. The maximum Gasteiger partial charge on any atom is 0.164 e. The lowest BCUT2D eigenvalue weighted by Gasteiger charge is -2.25.